The molecule has 9 heteroatoms. The third-order valence-electron chi connectivity index (χ3n) is 5.99. The van der Waals surface area contributed by atoms with E-state index >= 15 is 0 Å². The van der Waals surface area contributed by atoms with E-state index in [9.17, 15) is 4.21 Å². The molecular weight excluding hydrogens is 488 g/mol. The number of anilines is 1. The molecule has 4 aromatic rings. The lowest BCUT2D eigenvalue weighted by Gasteiger charge is -2.30. The van der Waals surface area contributed by atoms with E-state index in [1.165, 1.54) is 0 Å². The standard InChI is InChI=1S/C23H24BrN6OS/c1-2-11-32(31)29-9-7-15(8-10-29)21-20(24)22(25)30-23(28-21)18(14-27-30)17-12-16-5-3-4-6-19(16)26-13-17/h2-6,12-15H,7-11,25H2,1H3/q+1. The van der Waals surface area contributed by atoms with Gasteiger partial charge in [0.05, 0.1) is 35.2 Å². The van der Waals surface area contributed by atoms with Gasteiger partial charge in [-0.2, -0.15) is 9.61 Å². The minimum atomic E-state index is -0.944. The molecule has 1 atom stereocenters. The number of nitrogen functional groups attached to an aromatic ring is 1. The molecule has 1 aromatic carbocycles. The Labute approximate surface area is 197 Å². The molecule has 1 aliphatic rings. The van der Waals surface area contributed by atoms with Crippen LogP contribution in [0.3, 0.4) is 0 Å². The molecule has 0 saturated carbocycles. The molecule has 4 heterocycles. The van der Waals surface area contributed by atoms with Gasteiger partial charge < -0.3 is 5.73 Å². The van der Waals surface area contributed by atoms with E-state index in [-0.39, 0.29) is 5.92 Å². The van der Waals surface area contributed by atoms with Crippen LogP contribution in [0.4, 0.5) is 5.82 Å². The topological polar surface area (TPSA) is 89.4 Å². The van der Waals surface area contributed by atoms with E-state index < -0.39 is 11.0 Å². The van der Waals surface area contributed by atoms with Crippen molar-refractivity contribution in [1.82, 2.24) is 23.9 Å². The zero-order chi connectivity index (χ0) is 22.2. The Hall–Kier alpha value is -2.49. The molecule has 0 bridgehead atoms. The van der Waals surface area contributed by atoms with Gasteiger partial charge in [0, 0.05) is 41.7 Å². The Bertz CT molecular complexity index is 1310. The molecule has 0 aliphatic carbocycles. The summed E-state index contributed by atoms with van der Waals surface area (Å²) in [6, 6.07) is 10.1. The number of halogens is 1. The number of aromatic nitrogens is 4. The van der Waals surface area contributed by atoms with Crippen LogP contribution in [-0.4, -0.2) is 46.9 Å². The molecule has 7 nitrogen and oxygen atoms in total. The number of para-hydroxylation sites is 1. The van der Waals surface area contributed by atoms with Gasteiger partial charge in [0.25, 0.3) is 0 Å². The molecule has 3 aromatic heterocycles. The lowest BCUT2D eigenvalue weighted by atomic mass is 9.94. The van der Waals surface area contributed by atoms with Gasteiger partial charge in [0.15, 0.2) is 11.4 Å². The van der Waals surface area contributed by atoms with Crippen LogP contribution in [0, 0.1) is 6.42 Å². The Kier molecular flexibility index (Phi) is 5.88. The quantitative estimate of drug-likeness (QED) is 0.402. The number of piperidine rings is 1. The predicted molar refractivity (Wildman–Crippen MR) is 132 cm³/mol. The van der Waals surface area contributed by atoms with Gasteiger partial charge in [0.1, 0.15) is 16.8 Å². The van der Waals surface area contributed by atoms with Gasteiger partial charge in [-0.15, -0.1) is 0 Å². The monoisotopic (exact) mass is 511 g/mol. The second kappa shape index (κ2) is 8.80. The average Bonchev–Trinajstić information content (AvgIpc) is 3.25. The third-order valence-corrected chi connectivity index (χ3v) is 8.36. The first kappa shape index (κ1) is 21.4. The number of rotatable bonds is 5. The highest BCUT2D eigenvalue weighted by molar-refractivity contribution is 9.10. The normalized spacial score (nSPS) is 16.6. The molecule has 0 amide bonds. The van der Waals surface area contributed by atoms with Crippen LogP contribution in [0.2, 0.25) is 0 Å². The second-order valence-corrected chi connectivity index (χ2v) is 10.3. The molecule has 1 aliphatic heterocycles. The fraction of sp³-hybridized carbons (Fsp3) is 0.304. The number of nitrogens with zero attached hydrogens (tertiary/aromatic N) is 5. The second-order valence-electron chi connectivity index (χ2n) is 8.01. The van der Waals surface area contributed by atoms with Gasteiger partial charge >= 0.3 is 0 Å². The fourth-order valence-corrected chi connectivity index (χ4v) is 5.98. The van der Waals surface area contributed by atoms with Crippen LogP contribution in [0.1, 0.15) is 31.4 Å². The number of nitrogens with two attached hydrogens (primary N) is 1. The minimum Gasteiger partial charge on any atom is -0.383 e. The van der Waals surface area contributed by atoms with Crippen LogP contribution < -0.4 is 5.73 Å². The first-order valence-corrected chi connectivity index (χ1v) is 12.7. The summed E-state index contributed by atoms with van der Waals surface area (Å²) in [4.78, 5) is 9.62. The van der Waals surface area contributed by atoms with Gasteiger partial charge in [-0.05, 0) is 40.9 Å². The Balaban J connectivity index is 1.51. The van der Waals surface area contributed by atoms with Crippen LogP contribution in [0.15, 0.2) is 47.2 Å². The first-order valence-electron chi connectivity index (χ1n) is 10.7. The molecule has 2 N–H and O–H groups in total. The van der Waals surface area contributed by atoms with Crippen molar-refractivity contribution in [3.8, 4) is 11.1 Å². The molecule has 1 unspecified atom stereocenters. The maximum absolute atomic E-state index is 12.3. The van der Waals surface area contributed by atoms with Gasteiger partial charge in [-0.3, -0.25) is 4.98 Å². The van der Waals surface area contributed by atoms with Crippen LogP contribution in [0.25, 0.3) is 27.7 Å². The lowest BCUT2D eigenvalue weighted by molar-refractivity contribution is 0.331. The summed E-state index contributed by atoms with van der Waals surface area (Å²) >= 11 is 3.66. The number of hydrogen-bond donors (Lipinski definition) is 1. The SMILES string of the molecule is C[CH+]CS(=O)N1CCC(c2nc3c(-c4cnc5ccccc5c4)cnn3c(N)c2Br)CC1. The van der Waals surface area contributed by atoms with Crippen molar-refractivity contribution >= 4 is 49.3 Å². The summed E-state index contributed by atoms with van der Waals surface area (Å²) in [5.41, 5.74) is 10.9. The smallest absolute Gasteiger partial charge is 0.175 e. The van der Waals surface area contributed by atoms with Gasteiger partial charge in [-0.25, -0.2) is 13.5 Å². The predicted octanol–water partition coefficient (Wildman–Crippen LogP) is 4.36. The van der Waals surface area contributed by atoms with Crippen molar-refractivity contribution in [2.45, 2.75) is 25.7 Å². The van der Waals surface area contributed by atoms with E-state index in [0.717, 1.165) is 63.8 Å². The molecule has 0 spiro atoms. The molecular formula is C23H24BrN6OS+. The molecule has 1 saturated heterocycles. The zero-order valence-electron chi connectivity index (χ0n) is 17.7. The molecule has 1 fully saturated rings. The van der Waals surface area contributed by atoms with Crippen molar-refractivity contribution in [1.29, 1.82) is 0 Å². The van der Waals surface area contributed by atoms with Gasteiger partial charge in [0.2, 0.25) is 0 Å². The third kappa shape index (κ3) is 3.78. The maximum atomic E-state index is 12.3. The Morgan fingerprint density at radius 3 is 2.81 bits per heavy atom. The molecule has 5 rings (SSSR count). The molecule has 164 valence electrons. The highest BCUT2D eigenvalue weighted by Gasteiger charge is 2.28. The highest BCUT2D eigenvalue weighted by atomic mass is 79.9. The van der Waals surface area contributed by atoms with E-state index in [1.54, 1.807) is 10.7 Å². The van der Waals surface area contributed by atoms with Crippen LogP contribution >= 0.6 is 15.9 Å². The summed E-state index contributed by atoms with van der Waals surface area (Å²) in [5.74, 6) is 1.38. The zero-order valence-corrected chi connectivity index (χ0v) is 20.1. The molecule has 0 radical (unpaired) electrons. The van der Waals surface area contributed by atoms with E-state index in [2.05, 4.69) is 42.5 Å². The van der Waals surface area contributed by atoms with Crippen molar-refractivity contribution in [3.05, 3.63) is 59.3 Å². The minimum absolute atomic E-state index is 0.244. The number of hydrogen-bond acceptors (Lipinski definition) is 5. The van der Waals surface area contributed by atoms with E-state index in [0.29, 0.717) is 11.6 Å². The lowest BCUT2D eigenvalue weighted by Crippen LogP contribution is -2.35. The van der Waals surface area contributed by atoms with Crippen molar-refractivity contribution in [2.24, 2.45) is 0 Å². The van der Waals surface area contributed by atoms with E-state index in [4.69, 9.17) is 10.7 Å². The summed E-state index contributed by atoms with van der Waals surface area (Å²) in [6.45, 7) is 3.51. The maximum Gasteiger partial charge on any atom is 0.175 e. The summed E-state index contributed by atoms with van der Waals surface area (Å²) in [6.07, 6.45) is 7.39. The first-order chi connectivity index (χ1) is 15.6. The fourth-order valence-electron chi connectivity index (χ4n) is 4.29. The average molecular weight is 512 g/mol. The van der Waals surface area contributed by atoms with Crippen LogP contribution in [0.5, 0.6) is 0 Å². The van der Waals surface area contributed by atoms with Crippen molar-refractivity contribution in [2.75, 3.05) is 24.6 Å². The summed E-state index contributed by atoms with van der Waals surface area (Å²) in [7, 11) is -0.944. The number of fused-ring (bicyclic) bond motifs is 2. The van der Waals surface area contributed by atoms with E-state index in [1.807, 2.05) is 37.7 Å². The largest absolute Gasteiger partial charge is 0.383 e. The highest BCUT2D eigenvalue weighted by Crippen LogP contribution is 2.37. The Morgan fingerprint density at radius 2 is 2.03 bits per heavy atom. The Morgan fingerprint density at radius 1 is 1.25 bits per heavy atom. The summed E-state index contributed by atoms with van der Waals surface area (Å²) < 4.78 is 16.9. The van der Waals surface area contributed by atoms with Crippen molar-refractivity contribution in [3.63, 3.8) is 0 Å². The number of pyridine rings is 1. The van der Waals surface area contributed by atoms with Crippen LogP contribution in [-0.2, 0) is 11.0 Å². The van der Waals surface area contributed by atoms with Gasteiger partial charge in [-0.1, -0.05) is 18.2 Å². The summed E-state index contributed by atoms with van der Waals surface area (Å²) in [5, 5.41) is 5.57. The molecule has 32 heavy (non-hydrogen) atoms. The number of benzene rings is 1. The van der Waals surface area contributed by atoms with Crippen molar-refractivity contribution < 1.29 is 4.21 Å².